The Morgan fingerprint density at radius 1 is 1.31 bits per heavy atom. The lowest BCUT2D eigenvalue weighted by Gasteiger charge is -2.24. The van der Waals surface area contributed by atoms with Crippen molar-refractivity contribution in [1.29, 1.82) is 0 Å². The molecule has 1 atom stereocenters. The van der Waals surface area contributed by atoms with Gasteiger partial charge in [0.1, 0.15) is 0 Å². The zero-order valence-electron chi connectivity index (χ0n) is 15.5. The van der Waals surface area contributed by atoms with E-state index in [1.165, 1.54) is 20.2 Å². The molecule has 2 N–H and O–H groups in total. The molecule has 1 aromatic carbocycles. The number of hydrogen-bond acceptors (Lipinski definition) is 6. The van der Waals surface area contributed by atoms with E-state index in [1.807, 2.05) is 30.8 Å². The number of nitrogens with one attached hydrogen (secondary N) is 2. The number of sulfonamides is 1. The van der Waals surface area contributed by atoms with Crippen LogP contribution in [-0.4, -0.2) is 70.9 Å². The first-order valence-corrected chi connectivity index (χ1v) is 10.7. The maximum absolute atomic E-state index is 12.4. The molecule has 10 heteroatoms. The zero-order chi connectivity index (χ0) is 18.6. The number of rotatable bonds is 6. The van der Waals surface area contributed by atoms with Gasteiger partial charge >= 0.3 is 0 Å². The fraction of sp³-hybridized carbons (Fsp3) is 0.562. The van der Waals surface area contributed by atoms with Crippen LogP contribution >= 0.6 is 24.2 Å². The van der Waals surface area contributed by atoms with Crippen molar-refractivity contribution >= 4 is 51.5 Å². The number of carbonyl (C=O) groups is 1. The van der Waals surface area contributed by atoms with Crippen molar-refractivity contribution in [3.05, 3.63) is 18.2 Å². The van der Waals surface area contributed by atoms with Gasteiger partial charge < -0.3 is 15.5 Å². The van der Waals surface area contributed by atoms with Crippen LogP contribution in [0.25, 0.3) is 0 Å². The summed E-state index contributed by atoms with van der Waals surface area (Å²) in [5.41, 5.74) is 1.26. The molecule has 1 aromatic rings. The summed E-state index contributed by atoms with van der Waals surface area (Å²) < 4.78 is 25.9. The molecule has 0 saturated carbocycles. The van der Waals surface area contributed by atoms with E-state index in [-0.39, 0.29) is 29.3 Å². The van der Waals surface area contributed by atoms with E-state index in [2.05, 4.69) is 10.6 Å². The average Bonchev–Trinajstić information content (AvgIpc) is 2.55. The number of benzene rings is 1. The van der Waals surface area contributed by atoms with Crippen molar-refractivity contribution in [2.45, 2.75) is 17.4 Å². The van der Waals surface area contributed by atoms with Gasteiger partial charge in [0.2, 0.25) is 15.9 Å². The van der Waals surface area contributed by atoms with E-state index < -0.39 is 10.0 Å². The minimum atomic E-state index is -3.56. The van der Waals surface area contributed by atoms with Crippen molar-refractivity contribution in [2.75, 3.05) is 56.5 Å². The molecule has 1 heterocycles. The third kappa shape index (κ3) is 5.75. The van der Waals surface area contributed by atoms with Gasteiger partial charge in [-0.3, -0.25) is 4.79 Å². The third-order valence-electron chi connectivity index (χ3n) is 3.93. The van der Waals surface area contributed by atoms with Gasteiger partial charge in [-0.1, -0.05) is 0 Å². The number of hydrogen-bond donors (Lipinski definition) is 2. The predicted molar refractivity (Wildman–Crippen MR) is 111 cm³/mol. The van der Waals surface area contributed by atoms with Crippen LogP contribution < -0.4 is 15.5 Å². The Balaban J connectivity index is 0.00000338. The molecular formula is C16H27ClN4O3S2. The van der Waals surface area contributed by atoms with E-state index in [0.29, 0.717) is 12.1 Å². The van der Waals surface area contributed by atoms with Crippen LogP contribution in [-0.2, 0) is 14.8 Å². The first-order valence-electron chi connectivity index (χ1n) is 8.06. The molecule has 1 amide bonds. The summed E-state index contributed by atoms with van der Waals surface area (Å²) in [6.07, 6.45) is 0.366. The van der Waals surface area contributed by atoms with Gasteiger partial charge in [0.25, 0.3) is 0 Å². The zero-order valence-corrected chi connectivity index (χ0v) is 17.9. The van der Waals surface area contributed by atoms with Gasteiger partial charge in [0.15, 0.2) is 0 Å². The molecule has 26 heavy (non-hydrogen) atoms. The Hall–Kier alpha value is -1.00. The minimum absolute atomic E-state index is 0. The van der Waals surface area contributed by atoms with Crippen molar-refractivity contribution in [1.82, 2.24) is 9.62 Å². The lowest BCUT2D eigenvalue weighted by Crippen LogP contribution is -2.40. The number of thioether (sulfide) groups is 1. The summed E-state index contributed by atoms with van der Waals surface area (Å²) in [5.74, 6) is 1.85. The number of halogens is 1. The summed E-state index contributed by atoms with van der Waals surface area (Å²) in [6, 6.07) is 4.93. The molecule has 1 aliphatic rings. The Morgan fingerprint density at radius 3 is 2.54 bits per heavy atom. The highest BCUT2D eigenvalue weighted by atomic mass is 35.5. The van der Waals surface area contributed by atoms with Crippen molar-refractivity contribution in [3.8, 4) is 0 Å². The molecule has 0 radical (unpaired) electrons. The topological polar surface area (TPSA) is 81.8 Å². The molecule has 0 aliphatic carbocycles. The summed E-state index contributed by atoms with van der Waals surface area (Å²) in [5, 5.41) is 6.21. The van der Waals surface area contributed by atoms with Crippen LogP contribution in [0.2, 0.25) is 0 Å². The molecule has 0 aromatic heterocycles. The van der Waals surface area contributed by atoms with Crippen LogP contribution in [0.15, 0.2) is 23.1 Å². The van der Waals surface area contributed by atoms with Gasteiger partial charge in [-0.15, -0.1) is 12.4 Å². The van der Waals surface area contributed by atoms with Crippen molar-refractivity contribution in [3.63, 3.8) is 0 Å². The highest BCUT2D eigenvalue weighted by Crippen LogP contribution is 2.29. The van der Waals surface area contributed by atoms with Crippen LogP contribution in [0.1, 0.15) is 6.42 Å². The van der Waals surface area contributed by atoms with Crippen LogP contribution in [0.3, 0.4) is 0 Å². The molecule has 1 fully saturated rings. The highest BCUT2D eigenvalue weighted by Gasteiger charge is 2.21. The number of nitrogens with zero attached hydrogens (tertiary/aromatic N) is 2. The number of amides is 1. The lowest BCUT2D eigenvalue weighted by atomic mass is 10.2. The van der Waals surface area contributed by atoms with Gasteiger partial charge in [-0.05, 0) is 18.2 Å². The van der Waals surface area contributed by atoms with Crippen LogP contribution in [0.5, 0.6) is 0 Å². The molecule has 1 unspecified atom stereocenters. The number of carbonyl (C=O) groups excluding carboxylic acids is 1. The first-order chi connectivity index (χ1) is 11.7. The summed E-state index contributed by atoms with van der Waals surface area (Å²) >= 11 is 1.83. The van der Waals surface area contributed by atoms with E-state index in [0.717, 1.165) is 28.0 Å². The molecule has 2 rings (SSSR count). The summed E-state index contributed by atoms with van der Waals surface area (Å²) in [7, 11) is 3.12. The van der Waals surface area contributed by atoms with E-state index >= 15 is 0 Å². The number of anilines is 2. The van der Waals surface area contributed by atoms with Crippen molar-refractivity contribution < 1.29 is 13.2 Å². The average molecular weight is 423 g/mol. The van der Waals surface area contributed by atoms with Gasteiger partial charge in [0.05, 0.1) is 16.3 Å². The Labute approximate surface area is 166 Å². The highest BCUT2D eigenvalue weighted by molar-refractivity contribution is 7.99. The molecular weight excluding hydrogens is 396 g/mol. The maximum Gasteiger partial charge on any atom is 0.242 e. The third-order valence-corrected chi connectivity index (χ3v) is 6.87. The predicted octanol–water partition coefficient (Wildman–Crippen LogP) is 1.46. The molecule has 7 nitrogen and oxygen atoms in total. The molecule has 148 valence electrons. The molecule has 1 aliphatic heterocycles. The quantitative estimate of drug-likeness (QED) is 0.722. The fourth-order valence-electron chi connectivity index (χ4n) is 2.55. The monoisotopic (exact) mass is 422 g/mol. The second-order valence-corrected chi connectivity index (χ2v) is 9.64. The molecule has 1 saturated heterocycles. The Morgan fingerprint density at radius 2 is 2.00 bits per heavy atom. The van der Waals surface area contributed by atoms with E-state index in [4.69, 9.17) is 0 Å². The normalized spacial score (nSPS) is 17.5. The Kier molecular flexibility index (Phi) is 8.68. The second-order valence-electron chi connectivity index (χ2n) is 6.34. The van der Waals surface area contributed by atoms with Crippen LogP contribution in [0, 0.1) is 0 Å². The summed E-state index contributed by atoms with van der Waals surface area (Å²) in [6.45, 7) is 0.905. The standard InChI is InChI=1S/C16H26N4O3S2.ClH/c1-19(2)15-6-5-13(25(22,23)20(3)4)10-14(15)18-16(21)9-12-11-24-8-7-17-12;/h5-6,10,12,17H,7-9,11H2,1-4H3,(H,18,21);1H. The summed E-state index contributed by atoms with van der Waals surface area (Å²) in [4.78, 5) is 14.4. The lowest BCUT2D eigenvalue weighted by molar-refractivity contribution is -0.116. The largest absolute Gasteiger partial charge is 0.376 e. The second kappa shape index (κ2) is 9.80. The molecule has 0 bridgehead atoms. The smallest absolute Gasteiger partial charge is 0.242 e. The SMILES string of the molecule is CN(C)c1ccc(S(=O)(=O)N(C)C)cc1NC(=O)CC1CSCCN1.Cl. The fourth-order valence-corrected chi connectivity index (χ4v) is 4.43. The first kappa shape index (κ1) is 23.0. The molecule has 0 spiro atoms. The Bertz CT molecular complexity index is 720. The minimum Gasteiger partial charge on any atom is -0.376 e. The van der Waals surface area contributed by atoms with Gasteiger partial charge in [-0.2, -0.15) is 11.8 Å². The maximum atomic E-state index is 12.4. The van der Waals surface area contributed by atoms with Gasteiger partial charge in [-0.25, -0.2) is 12.7 Å². The van der Waals surface area contributed by atoms with Crippen molar-refractivity contribution in [2.24, 2.45) is 0 Å². The van der Waals surface area contributed by atoms with Crippen LogP contribution in [0.4, 0.5) is 11.4 Å². The van der Waals surface area contributed by atoms with Gasteiger partial charge in [0, 0.05) is 58.7 Å². The van der Waals surface area contributed by atoms with E-state index in [1.54, 1.807) is 12.1 Å². The van der Waals surface area contributed by atoms with E-state index in [9.17, 15) is 13.2 Å².